The molecule has 0 spiro atoms. The maximum absolute atomic E-state index is 11.0. The molecule has 1 aromatic carbocycles. The molecular formula is C14H15N3O3S. The lowest BCUT2D eigenvalue weighted by molar-refractivity contribution is -0.136. The molecule has 0 fully saturated rings. The zero-order valence-corrected chi connectivity index (χ0v) is 12.2. The summed E-state index contributed by atoms with van der Waals surface area (Å²) >= 11 is 1.43. The topological polar surface area (TPSA) is 105 Å². The van der Waals surface area contributed by atoms with Crippen LogP contribution in [0.3, 0.4) is 0 Å². The molecule has 0 saturated heterocycles. The lowest BCUT2D eigenvalue weighted by atomic mass is 10.2. The Morgan fingerprint density at radius 1 is 1.33 bits per heavy atom. The monoisotopic (exact) mass is 305 g/mol. The van der Waals surface area contributed by atoms with Gasteiger partial charge in [0.15, 0.2) is 5.13 Å². The lowest BCUT2D eigenvalue weighted by Gasteiger charge is -2.02. The van der Waals surface area contributed by atoms with Gasteiger partial charge in [-0.25, -0.2) is 4.98 Å². The number of aromatic nitrogens is 1. The minimum Gasteiger partial charge on any atom is -0.481 e. The predicted octanol–water partition coefficient (Wildman–Crippen LogP) is 2.31. The molecule has 6 nitrogen and oxygen atoms in total. The Morgan fingerprint density at radius 3 is 2.57 bits per heavy atom. The van der Waals surface area contributed by atoms with Crippen LogP contribution in [0.15, 0.2) is 24.3 Å². The number of carboxylic acids is 1. The molecule has 0 aliphatic heterocycles. The van der Waals surface area contributed by atoms with Gasteiger partial charge >= 0.3 is 5.97 Å². The Morgan fingerprint density at radius 2 is 2.00 bits per heavy atom. The maximum Gasteiger partial charge on any atom is 0.303 e. The maximum atomic E-state index is 11.0. The molecule has 1 aromatic heterocycles. The van der Waals surface area contributed by atoms with Crippen LogP contribution in [-0.4, -0.2) is 22.0 Å². The second kappa shape index (κ2) is 6.36. The summed E-state index contributed by atoms with van der Waals surface area (Å²) in [6, 6.07) is 6.76. The number of aliphatic carboxylic acids is 1. The summed E-state index contributed by atoms with van der Waals surface area (Å²) in [5.74, 6) is -1.29. The number of benzene rings is 1. The highest BCUT2D eigenvalue weighted by molar-refractivity contribution is 7.15. The molecule has 0 atom stereocenters. The van der Waals surface area contributed by atoms with E-state index in [4.69, 9.17) is 10.8 Å². The van der Waals surface area contributed by atoms with Gasteiger partial charge in [0, 0.05) is 16.1 Å². The van der Waals surface area contributed by atoms with Crippen LogP contribution in [0.4, 0.5) is 10.8 Å². The fourth-order valence-corrected chi connectivity index (χ4v) is 2.76. The smallest absolute Gasteiger partial charge is 0.303 e. The van der Waals surface area contributed by atoms with Gasteiger partial charge in [-0.05, 0) is 37.6 Å². The van der Waals surface area contributed by atoms with Crippen molar-refractivity contribution in [1.29, 1.82) is 0 Å². The molecular weight excluding hydrogens is 290 g/mol. The summed E-state index contributed by atoms with van der Waals surface area (Å²) in [7, 11) is 0. The van der Waals surface area contributed by atoms with Crippen LogP contribution in [0.25, 0.3) is 0 Å². The van der Waals surface area contributed by atoms with Crippen LogP contribution in [0, 0.1) is 6.92 Å². The zero-order chi connectivity index (χ0) is 15.4. The van der Waals surface area contributed by atoms with Crippen molar-refractivity contribution < 1.29 is 14.7 Å². The Kier molecular flexibility index (Phi) is 4.54. The third kappa shape index (κ3) is 4.03. The van der Waals surface area contributed by atoms with Crippen molar-refractivity contribution in [3.63, 3.8) is 0 Å². The Labute approximate surface area is 125 Å². The van der Waals surface area contributed by atoms with Gasteiger partial charge in [-0.2, -0.15) is 0 Å². The van der Waals surface area contributed by atoms with Crippen LogP contribution >= 0.6 is 11.3 Å². The molecule has 1 heterocycles. The molecule has 0 aliphatic rings. The Balaban J connectivity index is 2.07. The van der Waals surface area contributed by atoms with E-state index in [0.29, 0.717) is 17.1 Å². The highest BCUT2D eigenvalue weighted by Gasteiger charge is 2.09. The highest BCUT2D eigenvalue weighted by Crippen LogP contribution is 2.26. The number of carbonyl (C=O) groups excluding carboxylic acids is 1. The molecule has 0 saturated carbocycles. The van der Waals surface area contributed by atoms with Gasteiger partial charge in [-0.1, -0.05) is 0 Å². The third-order valence-electron chi connectivity index (χ3n) is 2.88. The number of amides is 1. The third-order valence-corrected chi connectivity index (χ3v) is 4.01. The standard InChI is InChI=1S/C14H15N3O3S/c1-8-11(6-7-12(18)19)21-14(16-8)17-10-4-2-9(3-5-10)13(15)20/h2-5H,6-7H2,1H3,(H2,15,20)(H,16,17)(H,18,19). The van der Waals surface area contributed by atoms with E-state index in [0.717, 1.165) is 16.3 Å². The van der Waals surface area contributed by atoms with Crippen molar-refractivity contribution in [1.82, 2.24) is 4.98 Å². The van der Waals surface area contributed by atoms with Gasteiger partial charge in [0.25, 0.3) is 0 Å². The number of aryl methyl sites for hydroxylation is 2. The van der Waals surface area contributed by atoms with Crippen LogP contribution in [0.5, 0.6) is 0 Å². The predicted molar refractivity (Wildman–Crippen MR) is 81.1 cm³/mol. The van der Waals surface area contributed by atoms with E-state index < -0.39 is 11.9 Å². The first kappa shape index (κ1) is 15.0. The van der Waals surface area contributed by atoms with Crippen molar-refractivity contribution in [3.05, 3.63) is 40.4 Å². The molecule has 110 valence electrons. The summed E-state index contributed by atoms with van der Waals surface area (Å²) in [5.41, 5.74) is 7.24. The van der Waals surface area contributed by atoms with Gasteiger partial charge in [0.1, 0.15) is 0 Å². The van der Waals surface area contributed by atoms with Crippen molar-refractivity contribution in [2.45, 2.75) is 19.8 Å². The molecule has 0 aliphatic carbocycles. The first-order valence-electron chi connectivity index (χ1n) is 6.30. The molecule has 7 heteroatoms. The molecule has 1 amide bonds. The average molecular weight is 305 g/mol. The Hall–Kier alpha value is -2.41. The van der Waals surface area contributed by atoms with Crippen LogP contribution < -0.4 is 11.1 Å². The van der Waals surface area contributed by atoms with E-state index in [1.54, 1.807) is 24.3 Å². The summed E-state index contributed by atoms with van der Waals surface area (Å²) in [5, 5.41) is 12.5. The minimum atomic E-state index is -0.820. The van der Waals surface area contributed by atoms with Gasteiger partial charge in [-0.15, -0.1) is 11.3 Å². The van der Waals surface area contributed by atoms with Crippen molar-refractivity contribution in [3.8, 4) is 0 Å². The first-order valence-corrected chi connectivity index (χ1v) is 7.12. The summed E-state index contributed by atoms with van der Waals surface area (Å²) in [6.45, 7) is 1.86. The highest BCUT2D eigenvalue weighted by atomic mass is 32.1. The molecule has 0 unspecified atom stereocenters. The fraction of sp³-hybridized carbons (Fsp3) is 0.214. The lowest BCUT2D eigenvalue weighted by Crippen LogP contribution is -2.10. The molecule has 2 aromatic rings. The zero-order valence-electron chi connectivity index (χ0n) is 11.4. The molecule has 0 bridgehead atoms. The van der Waals surface area contributed by atoms with Gasteiger partial charge in [0.2, 0.25) is 5.91 Å². The van der Waals surface area contributed by atoms with E-state index in [1.165, 1.54) is 11.3 Å². The average Bonchev–Trinajstić information content (AvgIpc) is 2.77. The van der Waals surface area contributed by atoms with Crippen LogP contribution in [0.1, 0.15) is 27.3 Å². The number of carbonyl (C=O) groups is 2. The second-order valence-electron chi connectivity index (χ2n) is 4.49. The number of anilines is 2. The normalized spacial score (nSPS) is 10.3. The van der Waals surface area contributed by atoms with E-state index in [1.807, 2.05) is 6.92 Å². The number of hydrogen-bond donors (Lipinski definition) is 3. The molecule has 2 rings (SSSR count). The number of carboxylic acid groups (broad SMARTS) is 1. The fourth-order valence-electron chi connectivity index (χ4n) is 1.78. The van der Waals surface area contributed by atoms with E-state index in [9.17, 15) is 9.59 Å². The van der Waals surface area contributed by atoms with E-state index >= 15 is 0 Å². The van der Waals surface area contributed by atoms with Crippen molar-refractivity contribution in [2.75, 3.05) is 5.32 Å². The van der Waals surface area contributed by atoms with Crippen LogP contribution in [0.2, 0.25) is 0 Å². The molecule has 4 N–H and O–H groups in total. The van der Waals surface area contributed by atoms with Crippen LogP contribution in [-0.2, 0) is 11.2 Å². The number of nitrogens with zero attached hydrogens (tertiary/aromatic N) is 1. The molecule has 21 heavy (non-hydrogen) atoms. The van der Waals surface area contributed by atoms with Gasteiger partial charge in [0.05, 0.1) is 12.1 Å². The number of nitrogens with two attached hydrogens (primary N) is 1. The quantitative estimate of drug-likeness (QED) is 0.759. The molecule has 0 radical (unpaired) electrons. The first-order chi connectivity index (χ1) is 9.95. The largest absolute Gasteiger partial charge is 0.481 e. The number of rotatable bonds is 6. The van der Waals surface area contributed by atoms with E-state index in [-0.39, 0.29) is 6.42 Å². The van der Waals surface area contributed by atoms with E-state index in [2.05, 4.69) is 10.3 Å². The van der Waals surface area contributed by atoms with Crippen molar-refractivity contribution >= 4 is 34.0 Å². The van der Waals surface area contributed by atoms with Gasteiger partial charge < -0.3 is 16.2 Å². The Bertz CT molecular complexity index is 665. The number of hydrogen-bond acceptors (Lipinski definition) is 5. The summed E-state index contributed by atoms with van der Waals surface area (Å²) < 4.78 is 0. The van der Waals surface area contributed by atoms with Gasteiger partial charge in [-0.3, -0.25) is 9.59 Å². The summed E-state index contributed by atoms with van der Waals surface area (Å²) in [4.78, 5) is 26.9. The number of thiazole rings is 1. The van der Waals surface area contributed by atoms with Crippen molar-refractivity contribution in [2.24, 2.45) is 5.73 Å². The summed E-state index contributed by atoms with van der Waals surface area (Å²) in [6.07, 6.45) is 0.566. The number of nitrogens with one attached hydrogen (secondary N) is 1. The minimum absolute atomic E-state index is 0.0930. The second-order valence-corrected chi connectivity index (χ2v) is 5.57. The SMILES string of the molecule is Cc1nc(Nc2ccc(C(N)=O)cc2)sc1CCC(=O)O. The number of primary amides is 1.